The Balaban J connectivity index is 1.66. The van der Waals surface area contributed by atoms with Crippen molar-refractivity contribution in [2.24, 2.45) is 5.92 Å². The number of rotatable bonds is 6. The summed E-state index contributed by atoms with van der Waals surface area (Å²) < 4.78 is 27.2. The van der Waals surface area contributed by atoms with Crippen LogP contribution in [0.15, 0.2) is 24.5 Å². The first-order chi connectivity index (χ1) is 11.7. The van der Waals surface area contributed by atoms with Crippen LogP contribution in [0.25, 0.3) is 10.9 Å². The molecule has 8 heteroatoms. The van der Waals surface area contributed by atoms with Gasteiger partial charge in [-0.05, 0) is 37.3 Å². The van der Waals surface area contributed by atoms with Gasteiger partial charge in [0.05, 0.1) is 12.6 Å². The topological polar surface area (TPSA) is 87.6 Å². The molecule has 1 atom stereocenters. The zero-order valence-corrected chi connectivity index (χ0v) is 14.5. The first-order valence-corrected chi connectivity index (χ1v) is 9.16. The van der Waals surface area contributed by atoms with Gasteiger partial charge < -0.3 is 9.64 Å². The molecule has 1 unspecified atom stereocenters. The third-order valence-corrected chi connectivity index (χ3v) is 4.97. The molecule has 130 valence electrons. The van der Waals surface area contributed by atoms with Crippen molar-refractivity contribution in [3.8, 4) is 5.75 Å². The molecule has 0 amide bonds. The fraction of sp³-hybridized carbons (Fsp3) is 0.500. The second-order valence-corrected chi connectivity index (χ2v) is 6.73. The minimum atomic E-state index is -1.91. The number of benzene rings is 1. The number of hydrogen-bond acceptors (Lipinski definition) is 5. The summed E-state index contributed by atoms with van der Waals surface area (Å²) in [4.78, 5) is 11.1. The number of fused-ring (bicyclic) bond motifs is 1. The molecule has 1 saturated heterocycles. The molecule has 3 rings (SSSR count). The van der Waals surface area contributed by atoms with Crippen LogP contribution in [0.2, 0.25) is 0 Å². The molecule has 0 bridgehead atoms. The van der Waals surface area contributed by atoms with Crippen molar-refractivity contribution < 1.29 is 13.5 Å². The summed E-state index contributed by atoms with van der Waals surface area (Å²) in [6.45, 7) is 2.44. The van der Waals surface area contributed by atoms with Crippen LogP contribution in [0.3, 0.4) is 0 Å². The largest absolute Gasteiger partial charge is 0.497 e. The van der Waals surface area contributed by atoms with Gasteiger partial charge >= 0.3 is 0 Å². The van der Waals surface area contributed by atoms with E-state index in [1.54, 1.807) is 13.4 Å². The molecule has 0 aliphatic carbocycles. The summed E-state index contributed by atoms with van der Waals surface area (Å²) in [5, 5.41) is 1.04. The average molecular weight is 350 g/mol. The Hall–Kier alpha value is -1.77. The highest BCUT2D eigenvalue weighted by Crippen LogP contribution is 2.29. The SMILES string of the molecule is COc1ccc2c(N3CCC(CCNS(=O)O)CC3)ncnc2c1. The molecule has 1 aromatic carbocycles. The molecule has 0 saturated carbocycles. The summed E-state index contributed by atoms with van der Waals surface area (Å²) >= 11 is -1.91. The van der Waals surface area contributed by atoms with E-state index >= 15 is 0 Å². The maximum Gasteiger partial charge on any atom is 0.231 e. The van der Waals surface area contributed by atoms with E-state index in [0.717, 1.165) is 54.8 Å². The van der Waals surface area contributed by atoms with Gasteiger partial charge in [-0.2, -0.15) is 0 Å². The van der Waals surface area contributed by atoms with Gasteiger partial charge in [0.15, 0.2) is 0 Å². The number of nitrogens with one attached hydrogen (secondary N) is 1. The second-order valence-electron chi connectivity index (χ2n) is 5.94. The maximum absolute atomic E-state index is 10.6. The predicted octanol–water partition coefficient (Wildman–Crippen LogP) is 1.97. The van der Waals surface area contributed by atoms with Gasteiger partial charge in [0.25, 0.3) is 0 Å². The fourth-order valence-corrected chi connectivity index (χ4v) is 3.48. The van der Waals surface area contributed by atoms with Crippen molar-refractivity contribution >= 4 is 28.0 Å². The molecule has 2 heterocycles. The molecule has 24 heavy (non-hydrogen) atoms. The number of aromatic nitrogens is 2. The summed E-state index contributed by atoms with van der Waals surface area (Å²) in [6.07, 6.45) is 4.63. The average Bonchev–Trinajstić information content (AvgIpc) is 2.61. The van der Waals surface area contributed by atoms with Crippen LogP contribution in [0.5, 0.6) is 5.75 Å². The van der Waals surface area contributed by atoms with Gasteiger partial charge in [-0.15, -0.1) is 0 Å². The first kappa shape index (κ1) is 17.1. The summed E-state index contributed by atoms with van der Waals surface area (Å²) in [5.41, 5.74) is 0.885. The van der Waals surface area contributed by atoms with Crippen molar-refractivity contribution in [2.45, 2.75) is 19.3 Å². The van der Waals surface area contributed by atoms with Crippen LogP contribution in [-0.4, -0.2) is 45.5 Å². The number of methoxy groups -OCH3 is 1. The monoisotopic (exact) mass is 350 g/mol. The van der Waals surface area contributed by atoms with E-state index in [0.29, 0.717) is 12.5 Å². The van der Waals surface area contributed by atoms with E-state index in [4.69, 9.17) is 9.29 Å². The van der Waals surface area contributed by atoms with Gasteiger partial charge in [0, 0.05) is 31.1 Å². The molecule has 0 spiro atoms. The van der Waals surface area contributed by atoms with Crippen molar-refractivity contribution in [3.05, 3.63) is 24.5 Å². The minimum Gasteiger partial charge on any atom is -0.497 e. The van der Waals surface area contributed by atoms with E-state index in [1.165, 1.54) is 0 Å². The highest BCUT2D eigenvalue weighted by atomic mass is 32.2. The number of anilines is 1. The van der Waals surface area contributed by atoms with Gasteiger partial charge in [-0.1, -0.05) is 0 Å². The molecule has 2 N–H and O–H groups in total. The Bertz CT molecular complexity index is 720. The van der Waals surface area contributed by atoms with E-state index in [9.17, 15) is 4.21 Å². The molecular formula is C16H22N4O3S. The zero-order chi connectivity index (χ0) is 16.9. The van der Waals surface area contributed by atoms with Crippen molar-refractivity contribution in [3.63, 3.8) is 0 Å². The number of hydrogen-bond donors (Lipinski definition) is 2. The lowest BCUT2D eigenvalue weighted by molar-refractivity contribution is 0.380. The molecule has 1 aliphatic heterocycles. The molecule has 2 aromatic rings. The quantitative estimate of drug-likeness (QED) is 0.775. The van der Waals surface area contributed by atoms with Crippen LogP contribution >= 0.6 is 0 Å². The van der Waals surface area contributed by atoms with Gasteiger partial charge in [-0.25, -0.2) is 18.9 Å². The predicted molar refractivity (Wildman–Crippen MR) is 94.4 cm³/mol. The Kier molecular flexibility index (Phi) is 5.60. The van der Waals surface area contributed by atoms with Crippen LogP contribution in [-0.2, 0) is 11.3 Å². The van der Waals surface area contributed by atoms with E-state index in [1.807, 2.05) is 18.2 Å². The standard InChI is InChI=1S/C16H22N4O3S/c1-23-13-2-3-14-15(10-13)17-11-18-16(14)20-8-5-12(6-9-20)4-7-19-24(21)22/h2-3,10-12,19H,4-9H2,1H3,(H,21,22). The molecule has 7 nitrogen and oxygen atoms in total. The minimum absolute atomic E-state index is 0.573. The van der Waals surface area contributed by atoms with Gasteiger partial charge in [-0.3, -0.25) is 4.55 Å². The molecule has 1 aliphatic rings. The van der Waals surface area contributed by atoms with Crippen LogP contribution in [0.4, 0.5) is 5.82 Å². The Morgan fingerprint density at radius 1 is 1.38 bits per heavy atom. The third kappa shape index (κ3) is 4.00. The van der Waals surface area contributed by atoms with Crippen molar-refractivity contribution in [2.75, 3.05) is 31.6 Å². The van der Waals surface area contributed by atoms with Gasteiger partial charge in [0.1, 0.15) is 17.9 Å². The summed E-state index contributed by atoms with van der Waals surface area (Å²) in [5.74, 6) is 2.33. The molecule has 1 fully saturated rings. The van der Waals surface area contributed by atoms with Crippen molar-refractivity contribution in [1.29, 1.82) is 0 Å². The van der Waals surface area contributed by atoms with E-state index < -0.39 is 11.3 Å². The van der Waals surface area contributed by atoms with Crippen LogP contribution in [0, 0.1) is 5.92 Å². The van der Waals surface area contributed by atoms with Gasteiger partial charge in [0.2, 0.25) is 11.3 Å². The highest BCUT2D eigenvalue weighted by Gasteiger charge is 2.21. The summed E-state index contributed by atoms with van der Waals surface area (Å²) in [6, 6.07) is 5.87. The van der Waals surface area contributed by atoms with Crippen LogP contribution in [0.1, 0.15) is 19.3 Å². The summed E-state index contributed by atoms with van der Waals surface area (Å²) in [7, 11) is 1.65. The molecule has 0 radical (unpaired) electrons. The number of piperidine rings is 1. The lowest BCUT2D eigenvalue weighted by Gasteiger charge is -2.33. The van der Waals surface area contributed by atoms with E-state index in [-0.39, 0.29) is 0 Å². The molecular weight excluding hydrogens is 328 g/mol. The first-order valence-electron chi connectivity index (χ1n) is 8.05. The number of ether oxygens (including phenoxy) is 1. The zero-order valence-electron chi connectivity index (χ0n) is 13.6. The van der Waals surface area contributed by atoms with Crippen LogP contribution < -0.4 is 14.4 Å². The smallest absolute Gasteiger partial charge is 0.231 e. The number of nitrogens with zero attached hydrogens (tertiary/aromatic N) is 3. The third-order valence-electron chi connectivity index (χ3n) is 4.51. The Morgan fingerprint density at radius 3 is 2.88 bits per heavy atom. The lowest BCUT2D eigenvalue weighted by Crippen LogP contribution is -2.35. The Morgan fingerprint density at radius 2 is 2.17 bits per heavy atom. The second kappa shape index (κ2) is 7.87. The van der Waals surface area contributed by atoms with E-state index in [2.05, 4.69) is 19.6 Å². The fourth-order valence-electron chi connectivity index (χ4n) is 3.19. The molecule has 1 aromatic heterocycles. The highest BCUT2D eigenvalue weighted by molar-refractivity contribution is 7.77. The Labute approximate surface area is 143 Å². The lowest BCUT2D eigenvalue weighted by atomic mass is 9.93. The van der Waals surface area contributed by atoms with Crippen molar-refractivity contribution in [1.82, 2.24) is 14.7 Å². The normalized spacial score (nSPS) is 17.2. The maximum atomic E-state index is 10.6.